The molecule has 0 saturated heterocycles. The van der Waals surface area contributed by atoms with Gasteiger partial charge < -0.3 is 29.2 Å². The number of carbonyl (C=O) groups is 3. The van der Waals surface area contributed by atoms with Crippen molar-refractivity contribution in [2.24, 2.45) is 0 Å². The van der Waals surface area contributed by atoms with Crippen LogP contribution in [0.15, 0.2) is 0 Å². The van der Waals surface area contributed by atoms with Crippen molar-refractivity contribution in [2.45, 2.75) is 0 Å². The van der Waals surface area contributed by atoms with Crippen molar-refractivity contribution >= 4 is 29.3 Å². The van der Waals surface area contributed by atoms with E-state index in [1.54, 1.807) is 0 Å². The summed E-state index contributed by atoms with van der Waals surface area (Å²) in [6.07, 6.45) is 0. The Labute approximate surface area is 183 Å². The van der Waals surface area contributed by atoms with E-state index in [2.05, 4.69) is 0 Å². The van der Waals surface area contributed by atoms with Gasteiger partial charge in [0.15, 0.2) is 0 Å². The Hall–Kier alpha value is 1.44. The van der Waals surface area contributed by atoms with Crippen LogP contribution in [-0.4, -0.2) is 66.0 Å². The van der Waals surface area contributed by atoms with Crippen LogP contribution in [0.3, 0.4) is 0 Å². The molecule has 100 valence electrons. The van der Waals surface area contributed by atoms with E-state index in [9.17, 15) is 19.5 Å². The predicted octanol–water partition coefficient (Wildman–Crippen LogP) is -12.8. The standard InChI is InChI=1S/C6H9NO6.3Na.H2O3S/c8-4(9)1-7(2-5(10)11)3-6(12)13;;;;1-4(2)3/h1-3H2,(H,8,9)(H,10,11)(H,12,13);;;;(H2,1,2,3)/q;3*+1;/p-3. The second kappa shape index (κ2) is 20.4. The predicted molar refractivity (Wildman–Crippen MR) is 46.4 cm³/mol. The number of hydrogen-bond donors (Lipinski definition) is 2. The van der Waals surface area contributed by atoms with Crippen molar-refractivity contribution in [1.29, 1.82) is 0 Å². The number of carbonyl (C=O) groups excluding carboxylic acids is 1. The van der Waals surface area contributed by atoms with Crippen LogP contribution in [0.25, 0.3) is 0 Å². The van der Waals surface area contributed by atoms with Gasteiger partial charge in [-0.3, -0.25) is 18.7 Å². The number of hydrogen-bond acceptors (Lipinski definition) is 8. The van der Waals surface area contributed by atoms with E-state index < -0.39 is 48.9 Å². The van der Waals surface area contributed by atoms with Crippen LogP contribution in [0.2, 0.25) is 0 Å². The molecule has 20 heavy (non-hydrogen) atoms. The zero-order valence-electron chi connectivity index (χ0n) is 11.2. The van der Waals surface area contributed by atoms with E-state index in [1.165, 1.54) is 0 Å². The molecule has 0 amide bonds. The molecule has 0 saturated carbocycles. The summed E-state index contributed by atoms with van der Waals surface area (Å²) in [5, 5.41) is 26.6. The van der Waals surface area contributed by atoms with Gasteiger partial charge in [0.05, 0.1) is 19.1 Å². The first kappa shape index (κ1) is 33.1. The number of carboxylic acids is 3. The molecule has 0 heterocycles. The summed E-state index contributed by atoms with van der Waals surface area (Å²) in [6.45, 7) is -1.99. The van der Waals surface area contributed by atoms with Crippen LogP contribution in [0.1, 0.15) is 0 Å². The molecular formula is C6H8NNa3O9S. The van der Waals surface area contributed by atoms with Crippen LogP contribution in [0.4, 0.5) is 0 Å². The first-order valence-electron chi connectivity index (χ1n) is 3.77. The van der Waals surface area contributed by atoms with Gasteiger partial charge >= 0.3 is 101 Å². The molecule has 0 rings (SSSR count). The maximum Gasteiger partial charge on any atom is 1.00 e. The summed E-state index contributed by atoms with van der Waals surface area (Å²) in [5.74, 6) is -4.09. The summed E-state index contributed by atoms with van der Waals surface area (Å²) in [4.78, 5) is 31.0. The molecule has 0 bridgehead atoms. The Bertz CT molecular complexity index is 274. The van der Waals surface area contributed by atoms with Crippen molar-refractivity contribution in [3.8, 4) is 0 Å². The SMILES string of the molecule is O=C([O-])CN(CC(=O)O)CC(=O)O.O=S([O-])[O-].[Na+].[Na+].[Na+]. The third kappa shape index (κ3) is 36.6. The van der Waals surface area contributed by atoms with Crippen LogP contribution < -0.4 is 93.8 Å². The fraction of sp³-hybridized carbons (Fsp3) is 0.500. The average Bonchev–Trinajstić information content (AvgIpc) is 1.96. The van der Waals surface area contributed by atoms with Gasteiger partial charge in [-0.1, -0.05) is 0 Å². The molecule has 0 aliphatic rings. The van der Waals surface area contributed by atoms with Crippen LogP contribution in [0.5, 0.6) is 0 Å². The maximum atomic E-state index is 10.1. The molecular weight excluding hydrogens is 331 g/mol. The molecule has 0 aromatic carbocycles. The zero-order chi connectivity index (χ0) is 14.0. The molecule has 0 aromatic rings. The van der Waals surface area contributed by atoms with Crippen molar-refractivity contribution in [1.82, 2.24) is 4.90 Å². The number of carboxylic acid groups (broad SMARTS) is 3. The van der Waals surface area contributed by atoms with Crippen molar-refractivity contribution in [3.63, 3.8) is 0 Å². The average molecular weight is 339 g/mol. The number of rotatable bonds is 6. The molecule has 0 aliphatic carbocycles. The topological polar surface area (TPSA) is 181 Å². The summed E-state index contributed by atoms with van der Waals surface area (Å²) in [7, 11) is 0. The minimum Gasteiger partial charge on any atom is -0.784 e. The van der Waals surface area contributed by atoms with E-state index in [0.29, 0.717) is 0 Å². The number of aliphatic carboxylic acids is 3. The third-order valence-corrected chi connectivity index (χ3v) is 1.07. The Kier molecular flexibility index (Phi) is 33.9. The minimum atomic E-state index is -3.11. The van der Waals surface area contributed by atoms with Gasteiger partial charge in [-0.05, 0) is 0 Å². The molecule has 0 aliphatic heterocycles. The smallest absolute Gasteiger partial charge is 0.784 e. The normalized spacial score (nSPS) is 8.20. The van der Waals surface area contributed by atoms with Gasteiger partial charge in [0.25, 0.3) is 0 Å². The van der Waals surface area contributed by atoms with E-state index >= 15 is 0 Å². The number of nitrogens with zero attached hydrogens (tertiary/aromatic N) is 1. The van der Waals surface area contributed by atoms with Gasteiger partial charge in [0.2, 0.25) is 0 Å². The van der Waals surface area contributed by atoms with Gasteiger partial charge in [-0.15, -0.1) is 11.4 Å². The quantitative estimate of drug-likeness (QED) is 0.348. The van der Waals surface area contributed by atoms with Gasteiger partial charge in [0.1, 0.15) is 0 Å². The van der Waals surface area contributed by atoms with Crippen molar-refractivity contribution in [3.05, 3.63) is 0 Å². The Morgan fingerprint density at radius 3 is 1.30 bits per heavy atom. The Balaban J connectivity index is -0.0000000951. The van der Waals surface area contributed by atoms with Crippen LogP contribution >= 0.6 is 0 Å². The Morgan fingerprint density at radius 2 is 1.15 bits per heavy atom. The van der Waals surface area contributed by atoms with E-state index in [1.807, 2.05) is 0 Å². The van der Waals surface area contributed by atoms with E-state index in [4.69, 9.17) is 23.5 Å². The van der Waals surface area contributed by atoms with Crippen molar-refractivity contribution in [2.75, 3.05) is 19.6 Å². The molecule has 0 atom stereocenters. The third-order valence-electron chi connectivity index (χ3n) is 1.07. The summed E-state index contributed by atoms with van der Waals surface area (Å²) in [6, 6.07) is 0. The van der Waals surface area contributed by atoms with Crippen molar-refractivity contribution < 1.29 is 132 Å². The van der Waals surface area contributed by atoms with Crippen LogP contribution in [-0.2, 0) is 25.7 Å². The molecule has 0 spiro atoms. The van der Waals surface area contributed by atoms with Crippen LogP contribution in [0, 0.1) is 0 Å². The monoisotopic (exact) mass is 339 g/mol. The molecule has 2 N–H and O–H groups in total. The maximum absolute atomic E-state index is 10.1. The summed E-state index contributed by atoms with van der Waals surface area (Å²) < 4.78 is 25.3. The molecule has 0 aromatic heterocycles. The first-order valence-corrected chi connectivity index (χ1v) is 4.77. The summed E-state index contributed by atoms with van der Waals surface area (Å²) in [5.41, 5.74) is 0. The minimum absolute atomic E-state index is 0. The molecule has 0 unspecified atom stereocenters. The fourth-order valence-electron chi connectivity index (χ4n) is 0.733. The largest absolute Gasteiger partial charge is 1.00 e. The van der Waals surface area contributed by atoms with Gasteiger partial charge in [-0.25, -0.2) is 0 Å². The van der Waals surface area contributed by atoms with E-state index in [0.717, 1.165) is 4.90 Å². The molecule has 0 fully saturated rings. The van der Waals surface area contributed by atoms with E-state index in [-0.39, 0.29) is 88.7 Å². The second-order valence-electron chi connectivity index (χ2n) is 2.51. The zero-order valence-corrected chi connectivity index (χ0v) is 18.0. The molecule has 10 nitrogen and oxygen atoms in total. The second-order valence-corrected chi connectivity index (χ2v) is 2.92. The molecule has 14 heteroatoms. The Morgan fingerprint density at radius 1 is 0.900 bits per heavy atom. The fourth-order valence-corrected chi connectivity index (χ4v) is 0.733. The van der Waals surface area contributed by atoms with Gasteiger partial charge in [0, 0.05) is 6.54 Å². The molecule has 0 radical (unpaired) electrons. The summed E-state index contributed by atoms with van der Waals surface area (Å²) >= 11 is -3.11. The van der Waals surface area contributed by atoms with Gasteiger partial charge in [-0.2, -0.15) is 0 Å². The first-order chi connectivity index (χ1) is 7.65.